The lowest BCUT2D eigenvalue weighted by atomic mass is 10.0. The zero-order valence-electron chi connectivity index (χ0n) is 13.9. The Labute approximate surface area is 144 Å². The van der Waals surface area contributed by atoms with E-state index in [0.717, 1.165) is 5.56 Å². The summed E-state index contributed by atoms with van der Waals surface area (Å²) in [5.74, 6) is 1.31. The standard InChI is InChI=1S/C18H18N2O5/c1-23-17-8-7-12(10-18(17)24-2)9-13-11-15(19-25-13)14-5-3-4-6-16(14)20(21)22/h3-8,10-11,13,19H,9H2,1-2H3. The van der Waals surface area contributed by atoms with E-state index in [1.54, 1.807) is 32.4 Å². The van der Waals surface area contributed by atoms with Gasteiger partial charge in [-0.3, -0.25) is 20.4 Å². The van der Waals surface area contributed by atoms with Gasteiger partial charge in [0.25, 0.3) is 5.69 Å². The molecule has 0 saturated heterocycles. The van der Waals surface area contributed by atoms with Crippen molar-refractivity contribution in [3.05, 3.63) is 69.8 Å². The highest BCUT2D eigenvalue weighted by atomic mass is 16.7. The van der Waals surface area contributed by atoms with Crippen molar-refractivity contribution in [1.82, 2.24) is 5.48 Å². The van der Waals surface area contributed by atoms with E-state index < -0.39 is 4.92 Å². The van der Waals surface area contributed by atoms with Crippen LogP contribution < -0.4 is 15.0 Å². The molecule has 7 nitrogen and oxygen atoms in total. The highest BCUT2D eigenvalue weighted by Gasteiger charge is 2.23. The average molecular weight is 342 g/mol. The smallest absolute Gasteiger partial charge is 0.278 e. The van der Waals surface area contributed by atoms with Crippen LogP contribution in [0.4, 0.5) is 5.69 Å². The van der Waals surface area contributed by atoms with Gasteiger partial charge in [0.2, 0.25) is 0 Å². The van der Waals surface area contributed by atoms with Crippen LogP contribution >= 0.6 is 0 Å². The molecule has 0 aliphatic carbocycles. The van der Waals surface area contributed by atoms with Gasteiger partial charge >= 0.3 is 0 Å². The normalized spacial score (nSPS) is 16.1. The zero-order chi connectivity index (χ0) is 17.8. The van der Waals surface area contributed by atoms with Gasteiger partial charge in [0, 0.05) is 12.5 Å². The Morgan fingerprint density at radius 3 is 2.64 bits per heavy atom. The number of hydroxylamine groups is 1. The van der Waals surface area contributed by atoms with Gasteiger partial charge in [0.1, 0.15) is 6.10 Å². The third kappa shape index (κ3) is 3.56. The monoisotopic (exact) mass is 342 g/mol. The SMILES string of the molecule is COc1ccc(CC2C=C(c3ccccc3[N+](=O)[O-])NO2)cc1OC. The number of ether oxygens (including phenoxy) is 2. The number of nitro benzene ring substituents is 1. The minimum absolute atomic E-state index is 0.0385. The van der Waals surface area contributed by atoms with Crippen molar-refractivity contribution >= 4 is 11.4 Å². The van der Waals surface area contributed by atoms with Gasteiger partial charge < -0.3 is 9.47 Å². The molecule has 0 radical (unpaired) electrons. The molecule has 1 aliphatic heterocycles. The van der Waals surface area contributed by atoms with E-state index in [2.05, 4.69) is 5.48 Å². The lowest BCUT2D eigenvalue weighted by molar-refractivity contribution is -0.385. The first-order chi connectivity index (χ1) is 12.1. The number of para-hydroxylation sites is 1. The summed E-state index contributed by atoms with van der Waals surface area (Å²) in [6.45, 7) is 0. The Balaban J connectivity index is 1.80. The quantitative estimate of drug-likeness (QED) is 0.641. The molecule has 1 atom stereocenters. The highest BCUT2D eigenvalue weighted by Crippen LogP contribution is 2.30. The second kappa shape index (κ2) is 7.23. The summed E-state index contributed by atoms with van der Waals surface area (Å²) >= 11 is 0. The van der Waals surface area contributed by atoms with Gasteiger partial charge in [-0.1, -0.05) is 18.2 Å². The Kier molecular flexibility index (Phi) is 4.85. The molecule has 0 fully saturated rings. The third-order valence-electron chi connectivity index (χ3n) is 3.95. The third-order valence-corrected chi connectivity index (χ3v) is 3.95. The van der Waals surface area contributed by atoms with Crippen LogP contribution in [0.1, 0.15) is 11.1 Å². The van der Waals surface area contributed by atoms with E-state index in [1.165, 1.54) is 6.07 Å². The van der Waals surface area contributed by atoms with Gasteiger partial charge in [-0.15, -0.1) is 0 Å². The maximum Gasteiger partial charge on any atom is 0.278 e. The molecule has 0 saturated carbocycles. The van der Waals surface area contributed by atoms with Gasteiger partial charge in [0.15, 0.2) is 11.5 Å². The van der Waals surface area contributed by atoms with Crippen LogP contribution in [0.5, 0.6) is 11.5 Å². The second-order valence-corrected chi connectivity index (χ2v) is 5.51. The average Bonchev–Trinajstić information content (AvgIpc) is 3.09. The molecule has 1 unspecified atom stereocenters. The fraction of sp³-hybridized carbons (Fsp3) is 0.222. The summed E-state index contributed by atoms with van der Waals surface area (Å²) in [7, 11) is 3.17. The molecule has 7 heteroatoms. The molecule has 1 aliphatic rings. The minimum atomic E-state index is -0.403. The van der Waals surface area contributed by atoms with Gasteiger partial charge in [-0.2, -0.15) is 0 Å². The maximum absolute atomic E-state index is 11.2. The molecule has 2 aromatic rings. The molecule has 0 aromatic heterocycles. The Bertz CT molecular complexity index is 819. The Hall–Kier alpha value is -3.06. The number of nitrogens with one attached hydrogen (secondary N) is 1. The summed E-state index contributed by atoms with van der Waals surface area (Å²) < 4.78 is 10.5. The van der Waals surface area contributed by atoms with Crippen molar-refractivity contribution in [2.24, 2.45) is 0 Å². The first kappa shape index (κ1) is 16.8. The number of benzene rings is 2. The van der Waals surface area contributed by atoms with Crippen LogP contribution in [0.25, 0.3) is 5.70 Å². The van der Waals surface area contributed by atoms with E-state index in [-0.39, 0.29) is 11.8 Å². The van der Waals surface area contributed by atoms with Crippen molar-refractivity contribution in [3.63, 3.8) is 0 Å². The topological polar surface area (TPSA) is 82.9 Å². The Morgan fingerprint density at radius 2 is 1.92 bits per heavy atom. The molecule has 1 heterocycles. The van der Waals surface area contributed by atoms with E-state index in [1.807, 2.05) is 24.3 Å². The van der Waals surface area contributed by atoms with Crippen LogP contribution in [0.2, 0.25) is 0 Å². The number of nitrogens with zero attached hydrogens (tertiary/aromatic N) is 1. The summed E-state index contributed by atoms with van der Waals surface area (Å²) in [6.07, 6.45) is 2.20. The van der Waals surface area contributed by atoms with Gasteiger partial charge in [-0.25, -0.2) is 0 Å². The first-order valence-electron chi connectivity index (χ1n) is 7.70. The minimum Gasteiger partial charge on any atom is -0.493 e. The largest absolute Gasteiger partial charge is 0.493 e. The molecule has 25 heavy (non-hydrogen) atoms. The van der Waals surface area contributed by atoms with Crippen LogP contribution in [0, 0.1) is 10.1 Å². The van der Waals surface area contributed by atoms with Crippen molar-refractivity contribution in [2.45, 2.75) is 12.5 Å². The molecule has 0 spiro atoms. The summed E-state index contributed by atoms with van der Waals surface area (Å²) in [5, 5.41) is 11.2. The van der Waals surface area contributed by atoms with Crippen molar-refractivity contribution in [3.8, 4) is 11.5 Å². The van der Waals surface area contributed by atoms with Crippen LogP contribution in [-0.2, 0) is 11.3 Å². The van der Waals surface area contributed by atoms with E-state index in [9.17, 15) is 10.1 Å². The van der Waals surface area contributed by atoms with Crippen molar-refractivity contribution < 1.29 is 19.2 Å². The molecule has 130 valence electrons. The molecule has 3 rings (SSSR count). The number of hydrogen-bond acceptors (Lipinski definition) is 6. The molecule has 0 amide bonds. The lowest BCUT2D eigenvalue weighted by Gasteiger charge is -2.11. The molecule has 0 bridgehead atoms. The van der Waals surface area contributed by atoms with Gasteiger partial charge in [-0.05, 0) is 29.8 Å². The molecular weight excluding hydrogens is 324 g/mol. The lowest BCUT2D eigenvalue weighted by Crippen LogP contribution is -2.14. The summed E-state index contributed by atoms with van der Waals surface area (Å²) in [4.78, 5) is 16.3. The zero-order valence-corrected chi connectivity index (χ0v) is 13.9. The highest BCUT2D eigenvalue weighted by molar-refractivity contribution is 5.72. The van der Waals surface area contributed by atoms with Crippen molar-refractivity contribution in [2.75, 3.05) is 14.2 Å². The van der Waals surface area contributed by atoms with Crippen molar-refractivity contribution in [1.29, 1.82) is 0 Å². The number of nitro groups is 1. The van der Waals surface area contributed by atoms with E-state index >= 15 is 0 Å². The predicted molar refractivity (Wildman–Crippen MR) is 92.3 cm³/mol. The maximum atomic E-state index is 11.2. The van der Waals surface area contributed by atoms with Crippen LogP contribution in [0.15, 0.2) is 48.5 Å². The summed E-state index contributed by atoms with van der Waals surface area (Å²) in [6, 6.07) is 12.2. The number of methoxy groups -OCH3 is 2. The Morgan fingerprint density at radius 1 is 1.16 bits per heavy atom. The second-order valence-electron chi connectivity index (χ2n) is 5.51. The van der Waals surface area contributed by atoms with Crippen LogP contribution in [-0.4, -0.2) is 25.2 Å². The van der Waals surface area contributed by atoms with Gasteiger partial charge in [0.05, 0.1) is 30.4 Å². The molecule has 2 aromatic carbocycles. The fourth-order valence-electron chi connectivity index (χ4n) is 2.74. The van der Waals surface area contributed by atoms with Crippen LogP contribution in [0.3, 0.4) is 0 Å². The molecular formula is C18H18N2O5. The predicted octanol–water partition coefficient (Wildman–Crippen LogP) is 3.10. The number of hydrogen-bond donors (Lipinski definition) is 1. The fourth-order valence-corrected chi connectivity index (χ4v) is 2.74. The van der Waals surface area contributed by atoms with E-state index in [0.29, 0.717) is 29.2 Å². The molecule has 1 N–H and O–H groups in total. The first-order valence-corrected chi connectivity index (χ1v) is 7.70. The van der Waals surface area contributed by atoms with E-state index in [4.69, 9.17) is 14.3 Å². The summed E-state index contributed by atoms with van der Waals surface area (Å²) in [5.41, 5.74) is 4.93. The number of rotatable bonds is 6.